The number of rotatable bonds is 16. The van der Waals surface area contributed by atoms with Gasteiger partial charge in [0.1, 0.15) is 6.61 Å². The van der Waals surface area contributed by atoms with Crippen LogP contribution in [0.2, 0.25) is 0 Å². The van der Waals surface area contributed by atoms with Crippen molar-refractivity contribution in [2.75, 3.05) is 19.8 Å². The van der Waals surface area contributed by atoms with Gasteiger partial charge in [0.05, 0.1) is 25.7 Å². The normalized spacial score (nSPS) is 13.2. The third-order valence-electron chi connectivity index (χ3n) is 4.62. The van der Waals surface area contributed by atoms with Gasteiger partial charge in [0, 0.05) is 18.6 Å². The summed E-state index contributed by atoms with van der Waals surface area (Å²) in [5.74, 6) is 0. The molecule has 0 heterocycles. The van der Waals surface area contributed by atoms with Crippen molar-refractivity contribution < 1.29 is 23.1 Å². The van der Waals surface area contributed by atoms with Gasteiger partial charge in [-0.25, -0.2) is 14.0 Å². The molecule has 180 valence electrons. The van der Waals surface area contributed by atoms with Crippen LogP contribution in [0.25, 0.3) is 0 Å². The number of nitrogens with zero attached hydrogens (tertiary/aromatic N) is 2. The van der Waals surface area contributed by atoms with E-state index in [4.69, 9.17) is 19.0 Å². The monoisotopic (exact) mass is 467 g/mol. The lowest BCUT2D eigenvalue weighted by atomic mass is 10.2. The molecular formula is C23H38N3O5P. The second-order valence-corrected chi connectivity index (χ2v) is 9.93. The number of hydrogen-bond donors (Lipinski definition) is 1. The molecule has 0 aromatic heterocycles. The van der Waals surface area contributed by atoms with Gasteiger partial charge in [0.25, 0.3) is 0 Å². The highest BCUT2D eigenvalue weighted by molar-refractivity contribution is 7.51. The first-order chi connectivity index (χ1) is 15.3. The number of amides is 1. The molecule has 0 aliphatic carbocycles. The van der Waals surface area contributed by atoms with Crippen molar-refractivity contribution >= 4 is 13.8 Å². The number of carbonyl (C=O) groups is 1. The molecule has 0 fully saturated rings. The molecule has 0 aliphatic rings. The van der Waals surface area contributed by atoms with Crippen molar-refractivity contribution in [3.63, 3.8) is 0 Å². The predicted octanol–water partition coefficient (Wildman–Crippen LogP) is 5.65. The minimum Gasteiger partial charge on any atom is -0.445 e. The Balaban J connectivity index is 2.26. The van der Waals surface area contributed by atoms with Crippen molar-refractivity contribution in [2.45, 2.75) is 78.5 Å². The topological polar surface area (TPSA) is 101 Å². The van der Waals surface area contributed by atoms with E-state index in [1.807, 2.05) is 64.1 Å². The first kappa shape index (κ1) is 28.1. The number of nitrogens with one attached hydrogen (secondary N) is 1. The quantitative estimate of drug-likeness (QED) is 0.248. The number of alkyl carbamates (subject to hydrolysis) is 1. The molecule has 1 N–H and O–H groups in total. The van der Waals surface area contributed by atoms with Gasteiger partial charge >= 0.3 is 13.8 Å². The summed E-state index contributed by atoms with van der Waals surface area (Å²) in [6.45, 7) is 8.97. The zero-order chi connectivity index (χ0) is 23.8. The Morgan fingerprint density at radius 3 is 2.28 bits per heavy atom. The van der Waals surface area contributed by atoms with Crippen molar-refractivity contribution in [2.24, 2.45) is 0 Å². The van der Waals surface area contributed by atoms with E-state index in [1.165, 1.54) is 0 Å². The molecular weight excluding hydrogens is 429 g/mol. The van der Waals surface area contributed by atoms with Crippen molar-refractivity contribution in [1.82, 2.24) is 9.99 Å². The van der Waals surface area contributed by atoms with Gasteiger partial charge < -0.3 is 10.1 Å². The maximum absolute atomic E-state index is 13.4. The summed E-state index contributed by atoms with van der Waals surface area (Å²) in [6, 6.07) is 11.5. The Morgan fingerprint density at radius 1 is 1.03 bits per heavy atom. The highest BCUT2D eigenvalue weighted by Crippen LogP contribution is 2.54. The SMILES string of the molecule is CC(C)N(C(C)C)P(=O)(OCCC#N)OCCCCCCNC(=O)OCc1ccccc1. The molecule has 1 atom stereocenters. The van der Waals surface area contributed by atoms with E-state index in [0.29, 0.717) is 13.2 Å². The van der Waals surface area contributed by atoms with Crippen LogP contribution in [0.15, 0.2) is 30.3 Å². The Hall–Kier alpha value is -1.91. The minimum absolute atomic E-state index is 0.0179. The summed E-state index contributed by atoms with van der Waals surface area (Å²) in [6.07, 6.45) is 3.07. The van der Waals surface area contributed by atoms with Crippen molar-refractivity contribution in [1.29, 1.82) is 5.26 Å². The molecule has 8 nitrogen and oxygen atoms in total. The molecule has 0 spiro atoms. The molecule has 0 radical (unpaired) electrons. The molecule has 1 amide bonds. The number of nitriles is 1. The molecule has 0 saturated heterocycles. The third kappa shape index (κ3) is 11.1. The molecule has 0 bridgehead atoms. The smallest absolute Gasteiger partial charge is 0.408 e. The molecule has 0 aliphatic heterocycles. The Morgan fingerprint density at radius 2 is 1.66 bits per heavy atom. The summed E-state index contributed by atoms with van der Waals surface area (Å²) < 4.78 is 31.6. The summed E-state index contributed by atoms with van der Waals surface area (Å²) in [5, 5.41) is 11.5. The van der Waals surface area contributed by atoms with E-state index in [2.05, 4.69) is 5.32 Å². The van der Waals surface area contributed by atoms with Gasteiger partial charge in [-0.2, -0.15) is 5.26 Å². The maximum Gasteiger partial charge on any atom is 0.408 e. The number of ether oxygens (including phenoxy) is 1. The fraction of sp³-hybridized carbons (Fsp3) is 0.652. The lowest BCUT2D eigenvalue weighted by Gasteiger charge is -2.35. The molecule has 32 heavy (non-hydrogen) atoms. The highest BCUT2D eigenvalue weighted by Gasteiger charge is 2.37. The molecule has 9 heteroatoms. The van der Waals surface area contributed by atoms with Crippen LogP contribution in [0.5, 0.6) is 0 Å². The third-order valence-corrected chi connectivity index (χ3v) is 7.12. The van der Waals surface area contributed by atoms with Crippen LogP contribution in [-0.2, 0) is 25.0 Å². The zero-order valence-corrected chi connectivity index (χ0v) is 20.7. The second kappa shape index (κ2) is 15.8. The fourth-order valence-electron chi connectivity index (χ4n) is 3.26. The van der Waals surface area contributed by atoms with Gasteiger partial charge in [-0.05, 0) is 46.1 Å². The van der Waals surface area contributed by atoms with E-state index >= 15 is 0 Å². The van der Waals surface area contributed by atoms with E-state index in [0.717, 1.165) is 31.2 Å². The Labute approximate surface area is 192 Å². The van der Waals surface area contributed by atoms with E-state index in [1.54, 1.807) is 4.67 Å². The van der Waals surface area contributed by atoms with Crippen LogP contribution in [-0.4, -0.2) is 42.6 Å². The second-order valence-electron chi connectivity index (χ2n) is 8.01. The lowest BCUT2D eigenvalue weighted by Crippen LogP contribution is -2.35. The van der Waals surface area contributed by atoms with Gasteiger partial charge in [-0.15, -0.1) is 0 Å². The van der Waals surface area contributed by atoms with Crippen molar-refractivity contribution in [3.05, 3.63) is 35.9 Å². The fourth-order valence-corrected chi connectivity index (χ4v) is 5.42. The van der Waals surface area contributed by atoms with Gasteiger partial charge in [-0.3, -0.25) is 9.05 Å². The van der Waals surface area contributed by atoms with Crippen LogP contribution >= 0.6 is 7.75 Å². The summed E-state index contributed by atoms with van der Waals surface area (Å²) in [7, 11) is -3.47. The molecule has 1 rings (SSSR count). The number of carbonyl (C=O) groups excluding carboxylic acids is 1. The zero-order valence-electron chi connectivity index (χ0n) is 19.8. The largest absolute Gasteiger partial charge is 0.445 e. The highest BCUT2D eigenvalue weighted by atomic mass is 31.2. The summed E-state index contributed by atoms with van der Waals surface area (Å²) >= 11 is 0. The average Bonchev–Trinajstić information content (AvgIpc) is 2.74. The first-order valence-electron chi connectivity index (χ1n) is 11.3. The van der Waals surface area contributed by atoms with Crippen molar-refractivity contribution in [3.8, 4) is 6.07 Å². The van der Waals surface area contributed by atoms with Crippen LogP contribution in [0, 0.1) is 11.3 Å². The minimum atomic E-state index is -3.47. The van der Waals surface area contributed by atoms with Crippen LogP contribution in [0.1, 0.15) is 65.4 Å². The van der Waals surface area contributed by atoms with Crippen LogP contribution < -0.4 is 5.32 Å². The maximum atomic E-state index is 13.4. The van der Waals surface area contributed by atoms with Crippen LogP contribution in [0.3, 0.4) is 0 Å². The van der Waals surface area contributed by atoms with Crippen LogP contribution in [0.4, 0.5) is 4.79 Å². The van der Waals surface area contributed by atoms with E-state index in [9.17, 15) is 9.36 Å². The molecule has 1 aromatic carbocycles. The van der Waals surface area contributed by atoms with Gasteiger partial charge in [0.15, 0.2) is 0 Å². The number of unbranched alkanes of at least 4 members (excludes halogenated alkanes) is 3. The van der Waals surface area contributed by atoms with E-state index < -0.39 is 13.8 Å². The number of hydrogen-bond acceptors (Lipinski definition) is 6. The standard InChI is InChI=1S/C23H38N3O5P/c1-20(2)26(21(3)4)32(28,31-18-12-15-24)30-17-11-6-5-10-16-25-23(27)29-19-22-13-8-7-9-14-22/h7-9,13-14,20-21H,5-6,10-12,16-19H2,1-4H3,(H,25,27). The lowest BCUT2D eigenvalue weighted by molar-refractivity contribution is 0.131. The Kier molecular flexibility index (Phi) is 13.9. The average molecular weight is 468 g/mol. The summed E-state index contributed by atoms with van der Waals surface area (Å²) in [5.41, 5.74) is 0.949. The molecule has 0 saturated carbocycles. The summed E-state index contributed by atoms with van der Waals surface area (Å²) in [4.78, 5) is 11.7. The Bertz CT molecular complexity index is 729. The predicted molar refractivity (Wildman–Crippen MR) is 125 cm³/mol. The number of benzene rings is 1. The van der Waals surface area contributed by atoms with Gasteiger partial charge in [0.2, 0.25) is 0 Å². The molecule has 1 unspecified atom stereocenters. The first-order valence-corrected chi connectivity index (χ1v) is 12.8. The molecule has 1 aromatic rings. The van der Waals surface area contributed by atoms with E-state index in [-0.39, 0.29) is 31.7 Å². The van der Waals surface area contributed by atoms with Gasteiger partial charge in [-0.1, -0.05) is 43.2 Å².